The van der Waals surface area contributed by atoms with Gasteiger partial charge in [0.05, 0.1) is 0 Å². The summed E-state index contributed by atoms with van der Waals surface area (Å²) in [5, 5.41) is 0.620. The third kappa shape index (κ3) is 4.18. The van der Waals surface area contributed by atoms with Crippen LogP contribution in [0.25, 0.3) is 0 Å². The van der Waals surface area contributed by atoms with E-state index in [9.17, 15) is 8.78 Å². The maximum absolute atomic E-state index is 13.5. The van der Waals surface area contributed by atoms with Crippen LogP contribution in [0.15, 0.2) is 42.5 Å². The van der Waals surface area contributed by atoms with E-state index in [1.54, 1.807) is 24.3 Å². The zero-order valence-electron chi connectivity index (χ0n) is 10.7. The van der Waals surface area contributed by atoms with Crippen LogP contribution >= 0.6 is 11.6 Å². The molecule has 1 atom stereocenters. The second kappa shape index (κ2) is 6.68. The molecular formula is C15H14ClF2NO. The number of hydrogen-bond donors (Lipinski definition) is 1. The molecule has 0 aliphatic carbocycles. The quantitative estimate of drug-likeness (QED) is 0.916. The molecule has 2 aromatic rings. The Kier molecular flexibility index (Phi) is 4.93. The molecule has 0 saturated carbocycles. The van der Waals surface area contributed by atoms with Gasteiger partial charge in [-0.05, 0) is 42.3 Å². The van der Waals surface area contributed by atoms with E-state index in [2.05, 4.69) is 0 Å². The minimum atomic E-state index is -0.600. The summed E-state index contributed by atoms with van der Waals surface area (Å²) in [5.74, 6) is -0.548. The first-order valence-corrected chi connectivity index (χ1v) is 6.50. The summed E-state index contributed by atoms with van der Waals surface area (Å²) in [4.78, 5) is 0. The molecule has 0 aromatic heterocycles. The molecule has 0 saturated heterocycles. The van der Waals surface area contributed by atoms with Crippen LogP contribution < -0.4 is 10.5 Å². The molecule has 2 rings (SSSR count). The highest BCUT2D eigenvalue weighted by atomic mass is 35.5. The molecule has 106 valence electrons. The van der Waals surface area contributed by atoms with Crippen molar-refractivity contribution in [3.8, 4) is 5.75 Å². The van der Waals surface area contributed by atoms with Gasteiger partial charge in [0.25, 0.3) is 0 Å². The Bertz CT molecular complexity index is 575. The highest BCUT2D eigenvalue weighted by molar-refractivity contribution is 6.30. The van der Waals surface area contributed by atoms with Gasteiger partial charge in [0.2, 0.25) is 0 Å². The molecule has 0 aliphatic rings. The number of hydrogen-bond acceptors (Lipinski definition) is 2. The molecule has 0 heterocycles. The lowest BCUT2D eigenvalue weighted by Gasteiger charge is -2.14. The number of halogens is 3. The summed E-state index contributed by atoms with van der Waals surface area (Å²) in [6.07, 6.45) is 0.277. The third-order valence-electron chi connectivity index (χ3n) is 2.77. The minimum absolute atomic E-state index is 0.235. The monoisotopic (exact) mass is 297 g/mol. The van der Waals surface area contributed by atoms with E-state index in [1.807, 2.05) is 0 Å². The molecule has 0 amide bonds. The van der Waals surface area contributed by atoms with Gasteiger partial charge in [-0.2, -0.15) is 0 Å². The largest absolute Gasteiger partial charge is 0.492 e. The van der Waals surface area contributed by atoms with Crippen molar-refractivity contribution in [1.29, 1.82) is 0 Å². The molecule has 20 heavy (non-hydrogen) atoms. The van der Waals surface area contributed by atoms with Crippen LogP contribution in [-0.2, 0) is 6.42 Å². The Balaban J connectivity index is 1.89. The van der Waals surface area contributed by atoms with E-state index in [0.29, 0.717) is 16.3 Å². The first-order valence-electron chi connectivity index (χ1n) is 6.12. The van der Waals surface area contributed by atoms with E-state index in [4.69, 9.17) is 22.1 Å². The summed E-state index contributed by atoms with van der Waals surface area (Å²) in [6, 6.07) is 9.95. The highest BCUT2D eigenvalue weighted by Gasteiger charge is 2.10. The fourth-order valence-electron chi connectivity index (χ4n) is 1.76. The summed E-state index contributed by atoms with van der Waals surface area (Å²) in [5.41, 5.74) is 6.25. The molecule has 2 N–H and O–H groups in total. The van der Waals surface area contributed by atoms with Crippen LogP contribution in [0.5, 0.6) is 5.75 Å². The van der Waals surface area contributed by atoms with E-state index in [1.165, 1.54) is 12.1 Å². The van der Waals surface area contributed by atoms with Crippen LogP contribution in [0.3, 0.4) is 0 Å². The van der Waals surface area contributed by atoms with Crippen molar-refractivity contribution >= 4 is 11.6 Å². The lowest BCUT2D eigenvalue weighted by atomic mass is 10.1. The predicted molar refractivity (Wildman–Crippen MR) is 75.0 cm³/mol. The molecular weight excluding hydrogens is 284 g/mol. The van der Waals surface area contributed by atoms with Crippen LogP contribution in [0, 0.1) is 11.6 Å². The maximum Gasteiger partial charge on any atom is 0.129 e. The number of benzene rings is 2. The molecule has 0 fully saturated rings. The lowest BCUT2D eigenvalue weighted by molar-refractivity contribution is 0.286. The van der Waals surface area contributed by atoms with Gasteiger partial charge in [-0.3, -0.25) is 0 Å². The molecule has 2 nitrogen and oxygen atoms in total. The van der Waals surface area contributed by atoms with Gasteiger partial charge < -0.3 is 10.5 Å². The van der Waals surface area contributed by atoms with Crippen molar-refractivity contribution < 1.29 is 13.5 Å². The van der Waals surface area contributed by atoms with E-state index in [0.717, 1.165) is 6.07 Å². The highest BCUT2D eigenvalue weighted by Crippen LogP contribution is 2.16. The van der Waals surface area contributed by atoms with Crippen LogP contribution in [0.4, 0.5) is 8.78 Å². The Morgan fingerprint density at radius 2 is 1.80 bits per heavy atom. The zero-order chi connectivity index (χ0) is 14.5. The Morgan fingerprint density at radius 3 is 2.45 bits per heavy atom. The van der Waals surface area contributed by atoms with Crippen molar-refractivity contribution in [2.24, 2.45) is 5.73 Å². The van der Waals surface area contributed by atoms with Gasteiger partial charge >= 0.3 is 0 Å². The fraction of sp³-hybridized carbons (Fsp3) is 0.200. The van der Waals surface area contributed by atoms with Gasteiger partial charge in [-0.1, -0.05) is 17.7 Å². The van der Waals surface area contributed by atoms with Crippen molar-refractivity contribution in [1.82, 2.24) is 0 Å². The Labute approximate surface area is 121 Å². The normalized spacial score (nSPS) is 12.2. The number of rotatable bonds is 5. The van der Waals surface area contributed by atoms with Gasteiger partial charge in [0, 0.05) is 17.1 Å². The Hall–Kier alpha value is -1.65. The van der Waals surface area contributed by atoms with Crippen LogP contribution in [-0.4, -0.2) is 12.6 Å². The number of ether oxygens (including phenoxy) is 1. The molecule has 1 unspecified atom stereocenters. The standard InChI is InChI=1S/C15H14ClF2NO/c16-11-2-5-14(6-3-11)20-9-13(19)7-10-1-4-12(17)8-15(10)18/h1-6,8,13H,7,9,19H2. The average molecular weight is 298 g/mol. The van der Waals surface area contributed by atoms with Crippen molar-refractivity contribution in [3.63, 3.8) is 0 Å². The molecule has 0 aliphatic heterocycles. The second-order valence-electron chi connectivity index (χ2n) is 4.46. The number of nitrogens with two attached hydrogens (primary N) is 1. The van der Waals surface area contributed by atoms with Gasteiger partial charge in [0.1, 0.15) is 24.0 Å². The van der Waals surface area contributed by atoms with E-state index in [-0.39, 0.29) is 19.1 Å². The van der Waals surface area contributed by atoms with Crippen molar-refractivity contribution in [2.75, 3.05) is 6.61 Å². The summed E-state index contributed by atoms with van der Waals surface area (Å²) < 4.78 is 31.7. The molecule has 0 radical (unpaired) electrons. The molecule has 0 spiro atoms. The smallest absolute Gasteiger partial charge is 0.129 e. The third-order valence-corrected chi connectivity index (χ3v) is 3.03. The SMILES string of the molecule is NC(COc1ccc(Cl)cc1)Cc1ccc(F)cc1F. The summed E-state index contributed by atoms with van der Waals surface area (Å²) >= 11 is 5.76. The summed E-state index contributed by atoms with van der Waals surface area (Å²) in [6.45, 7) is 0.235. The van der Waals surface area contributed by atoms with Gasteiger partial charge in [-0.15, -0.1) is 0 Å². The fourth-order valence-corrected chi connectivity index (χ4v) is 1.89. The van der Waals surface area contributed by atoms with Gasteiger partial charge in [0.15, 0.2) is 0 Å². The first kappa shape index (κ1) is 14.8. The average Bonchev–Trinajstić information content (AvgIpc) is 2.41. The van der Waals surface area contributed by atoms with Crippen molar-refractivity contribution in [2.45, 2.75) is 12.5 Å². The van der Waals surface area contributed by atoms with Crippen LogP contribution in [0.2, 0.25) is 5.02 Å². The Morgan fingerprint density at radius 1 is 1.10 bits per heavy atom. The predicted octanol–water partition coefficient (Wildman–Crippen LogP) is 3.57. The lowest BCUT2D eigenvalue weighted by Crippen LogP contribution is -2.30. The molecule has 2 aromatic carbocycles. The van der Waals surface area contributed by atoms with Crippen molar-refractivity contribution in [3.05, 3.63) is 64.7 Å². The van der Waals surface area contributed by atoms with Gasteiger partial charge in [-0.25, -0.2) is 8.78 Å². The van der Waals surface area contributed by atoms with Crippen LogP contribution in [0.1, 0.15) is 5.56 Å². The molecule has 5 heteroatoms. The first-order chi connectivity index (χ1) is 9.54. The minimum Gasteiger partial charge on any atom is -0.492 e. The van der Waals surface area contributed by atoms with E-state index < -0.39 is 11.6 Å². The second-order valence-corrected chi connectivity index (χ2v) is 4.90. The zero-order valence-corrected chi connectivity index (χ0v) is 11.4. The topological polar surface area (TPSA) is 35.2 Å². The molecule has 0 bridgehead atoms. The maximum atomic E-state index is 13.5. The summed E-state index contributed by atoms with van der Waals surface area (Å²) in [7, 11) is 0. The van der Waals surface area contributed by atoms with E-state index >= 15 is 0 Å².